The van der Waals surface area contributed by atoms with Gasteiger partial charge in [0.1, 0.15) is 42.4 Å². The van der Waals surface area contributed by atoms with Gasteiger partial charge in [-0.2, -0.15) is 0 Å². The van der Waals surface area contributed by atoms with Crippen LogP contribution in [0.1, 0.15) is 72.4 Å². The summed E-state index contributed by atoms with van der Waals surface area (Å²) >= 11 is 1.04. The number of hydrogen-bond acceptors (Lipinski definition) is 26. The van der Waals surface area contributed by atoms with Gasteiger partial charge in [0.25, 0.3) is 15.6 Å². The van der Waals surface area contributed by atoms with Gasteiger partial charge in [-0.05, 0) is 26.7 Å². The van der Waals surface area contributed by atoms with Gasteiger partial charge in [0, 0.05) is 43.5 Å². The van der Waals surface area contributed by atoms with Crippen molar-refractivity contribution in [2.75, 3.05) is 37.8 Å². The van der Waals surface area contributed by atoms with E-state index in [0.29, 0.717) is 25.7 Å². The smallest absolute Gasteiger partial charge is 0.274 e. The number of aliphatic hydroxyl groups excluding tert-OH is 4. The van der Waals surface area contributed by atoms with Gasteiger partial charge in [-0.25, -0.2) is 19.3 Å². The highest BCUT2D eigenvalue weighted by atomic mass is 32.2. The monoisotopic (exact) mass is 1020 g/mol. The molecule has 0 aliphatic carbocycles. The van der Waals surface area contributed by atoms with Crippen LogP contribution in [0.3, 0.4) is 0 Å². The van der Waals surface area contributed by atoms with Crippen LogP contribution in [-0.2, 0) is 60.2 Å². The Morgan fingerprint density at radius 3 is 2.39 bits per heavy atom. The minimum atomic E-state index is -5.94. The molecule has 0 spiro atoms. The normalized spacial score (nSPS) is 26.6. The molecular formula is C34H54N7O21P3S-4. The zero-order valence-electron chi connectivity index (χ0n) is 36.1. The molecule has 2 amide bonds. The Morgan fingerprint density at radius 1 is 1.00 bits per heavy atom. The summed E-state index contributed by atoms with van der Waals surface area (Å²) in [4.78, 5) is 96.8. The van der Waals surface area contributed by atoms with Crippen molar-refractivity contribution in [1.82, 2.24) is 30.2 Å². The fraction of sp³-hybridized carbons (Fsp3) is 0.765. The van der Waals surface area contributed by atoms with Gasteiger partial charge >= 0.3 is 0 Å². The van der Waals surface area contributed by atoms with E-state index in [1.807, 2.05) is 6.92 Å². The molecular weight excluding hydrogens is 967 g/mol. The molecule has 2 saturated heterocycles. The first-order chi connectivity index (χ1) is 30.7. The molecule has 0 saturated carbocycles. The van der Waals surface area contributed by atoms with E-state index in [1.54, 1.807) is 6.92 Å². The third-order valence-electron chi connectivity index (χ3n) is 10.0. The zero-order valence-corrected chi connectivity index (χ0v) is 39.6. The maximum atomic E-state index is 12.6. The topological polar surface area (TPSA) is 434 Å². The molecule has 2 aromatic rings. The number of nitrogens with zero attached hydrogens (tertiary/aromatic N) is 4. The number of thioether (sulfide) groups is 1. The predicted molar refractivity (Wildman–Crippen MR) is 218 cm³/mol. The molecule has 376 valence electrons. The van der Waals surface area contributed by atoms with Crippen LogP contribution in [-0.4, -0.2) is 144 Å². The average Bonchev–Trinajstić information content (AvgIpc) is 3.78. The molecule has 2 aliphatic heterocycles. The number of amides is 2. The van der Waals surface area contributed by atoms with E-state index >= 15 is 0 Å². The summed E-state index contributed by atoms with van der Waals surface area (Å²) in [5, 5.41) is 46.1. The summed E-state index contributed by atoms with van der Waals surface area (Å²) in [6.45, 7) is 3.49. The van der Waals surface area contributed by atoms with Gasteiger partial charge in [0.05, 0.1) is 45.7 Å². The number of nitrogens with one attached hydrogen (secondary N) is 2. The molecule has 0 radical (unpaired) electrons. The molecule has 4 heterocycles. The van der Waals surface area contributed by atoms with Crippen LogP contribution in [0.4, 0.5) is 5.82 Å². The van der Waals surface area contributed by atoms with E-state index in [9.17, 15) is 68.1 Å². The summed E-state index contributed by atoms with van der Waals surface area (Å²) in [6.07, 6.45) is -8.61. The third-order valence-corrected chi connectivity index (χ3v) is 14.0. The number of anilines is 1. The van der Waals surface area contributed by atoms with Crippen molar-refractivity contribution in [3.8, 4) is 0 Å². The van der Waals surface area contributed by atoms with Gasteiger partial charge in [0.2, 0.25) is 11.8 Å². The van der Waals surface area contributed by atoms with Crippen molar-refractivity contribution in [1.29, 1.82) is 0 Å². The molecule has 2 aromatic heterocycles. The highest BCUT2D eigenvalue weighted by Crippen LogP contribution is 2.56. The summed E-state index contributed by atoms with van der Waals surface area (Å²) < 4.78 is 72.0. The van der Waals surface area contributed by atoms with Crippen LogP contribution in [0.2, 0.25) is 0 Å². The molecule has 12 atom stereocenters. The molecule has 2 fully saturated rings. The first-order valence-corrected chi connectivity index (χ1v) is 25.7. The molecule has 66 heavy (non-hydrogen) atoms. The lowest BCUT2D eigenvalue weighted by atomic mass is 9.87. The molecule has 2 aliphatic rings. The van der Waals surface area contributed by atoms with Crippen LogP contribution >= 0.6 is 35.2 Å². The Labute approximate surface area is 382 Å². The Kier molecular flexibility index (Phi) is 20.6. The Bertz CT molecular complexity index is 2100. The molecule has 8 N–H and O–H groups in total. The van der Waals surface area contributed by atoms with Crippen molar-refractivity contribution >= 4 is 69.1 Å². The highest BCUT2D eigenvalue weighted by Gasteiger charge is 2.47. The number of carbonyl (C=O) groups excluding carboxylic acids is 3. The van der Waals surface area contributed by atoms with Crippen molar-refractivity contribution in [3.63, 3.8) is 0 Å². The first kappa shape index (κ1) is 56.0. The predicted octanol–water partition coefficient (Wildman–Crippen LogP) is -3.04. The summed E-state index contributed by atoms with van der Waals surface area (Å²) in [6, 6.07) is 0. The lowest BCUT2D eigenvalue weighted by Gasteiger charge is -2.36. The maximum Gasteiger partial charge on any atom is 0.274 e. The number of fused-ring (bicyclic) bond motifs is 1. The maximum absolute atomic E-state index is 12.6. The van der Waals surface area contributed by atoms with Gasteiger partial charge in [-0.1, -0.05) is 32.0 Å². The number of aliphatic hydroxyl groups is 4. The van der Waals surface area contributed by atoms with E-state index < -0.39 is 109 Å². The van der Waals surface area contributed by atoms with Crippen LogP contribution in [0.15, 0.2) is 12.7 Å². The number of carbonyl (C=O) groups is 3. The Hall–Kier alpha value is -2.60. The quantitative estimate of drug-likeness (QED) is 0.0364. The molecule has 32 heteroatoms. The summed E-state index contributed by atoms with van der Waals surface area (Å²) in [5.74, 6) is -1.32. The number of hydrogen-bond donors (Lipinski definition) is 7. The fourth-order valence-corrected chi connectivity index (χ4v) is 9.86. The number of rotatable bonds is 26. The molecule has 4 rings (SSSR count). The number of nitrogen functional groups attached to an aromatic ring is 1. The molecule has 0 aromatic carbocycles. The van der Waals surface area contributed by atoms with Crippen molar-refractivity contribution in [3.05, 3.63) is 12.7 Å². The number of aromatic nitrogens is 4. The van der Waals surface area contributed by atoms with Crippen LogP contribution < -0.4 is 35.9 Å². The largest absolute Gasteiger partial charge is 0.790 e. The van der Waals surface area contributed by atoms with E-state index in [0.717, 1.165) is 29.0 Å². The standard InChI is InChI=1S/C34H58N7O21P3S/c1-18(58-33-21(43)13-20(42)19(2)59-33)7-5-6-8-24(45)66-12-11-36-23(44)9-10-37-31(48)28(47)34(3,4)15-57-65(54,55)62-64(52,53)56-14-22-27(61-63(49,50)51)26(46)32(60-22)41-17-40-25-29(35)38-16-39-30(25)41/h16-22,26-28,32-33,42-43,46-47H,5-15H2,1-4H3,(H,36,44)(H,37,48)(H,52,53)(H,54,55)(H2,35,38,39)(H2,49,50,51)/p-4/t18-,19+,20-,21-,22-,26-,27-,28+,32-,33-/m1/s1. The first-order valence-electron chi connectivity index (χ1n) is 20.3. The van der Waals surface area contributed by atoms with Crippen molar-refractivity contribution in [2.24, 2.45) is 5.41 Å². The number of phosphoric acid groups is 3. The van der Waals surface area contributed by atoms with E-state index in [-0.39, 0.29) is 59.9 Å². The Morgan fingerprint density at radius 2 is 1.70 bits per heavy atom. The van der Waals surface area contributed by atoms with Gasteiger partial charge in [-0.3, -0.25) is 28.1 Å². The minimum Gasteiger partial charge on any atom is -0.790 e. The van der Waals surface area contributed by atoms with E-state index in [2.05, 4.69) is 43.5 Å². The SMILES string of the molecule is C[C@H](CCCCC(=O)SCCNC(=O)CCNC(=O)[C@H](O)C(C)(C)COP(=O)([O-])OP(=O)([O-])OC[C@H]1O[C@@H](n2cnc3c(N)ncnc32)[C@H](O)[C@@H]1OP(=O)([O-])[O-])O[C@@H]1O[C@@H](C)[C@H](O)C[C@H]1O. The van der Waals surface area contributed by atoms with E-state index in [1.165, 1.54) is 13.8 Å². The number of ether oxygens (including phenoxy) is 3. The zero-order chi connectivity index (χ0) is 49.2. The second-order valence-electron chi connectivity index (χ2n) is 16.0. The summed E-state index contributed by atoms with van der Waals surface area (Å²) in [5.41, 5.74) is 4.03. The Balaban J connectivity index is 1.12. The van der Waals surface area contributed by atoms with Gasteiger partial charge in [0.15, 0.2) is 29.1 Å². The van der Waals surface area contributed by atoms with Crippen LogP contribution in [0.5, 0.6) is 0 Å². The molecule has 2 unspecified atom stereocenters. The molecule has 28 nitrogen and oxygen atoms in total. The lowest BCUT2D eigenvalue weighted by Crippen LogP contribution is -2.48. The number of nitrogens with two attached hydrogens (primary N) is 1. The van der Waals surface area contributed by atoms with Crippen molar-refractivity contribution < 1.29 is 100 Å². The second-order valence-corrected chi connectivity index (χ2v) is 21.2. The lowest BCUT2D eigenvalue weighted by molar-refractivity contribution is -0.347. The highest BCUT2D eigenvalue weighted by molar-refractivity contribution is 8.13. The van der Waals surface area contributed by atoms with Crippen molar-refractivity contribution in [2.45, 2.75) is 128 Å². The minimum absolute atomic E-state index is 0.0296. The van der Waals surface area contributed by atoms with E-state index in [4.69, 9.17) is 19.9 Å². The molecule has 0 bridgehead atoms. The van der Waals surface area contributed by atoms with Crippen LogP contribution in [0, 0.1) is 5.41 Å². The number of unbranched alkanes of at least 4 members (excludes halogenated alkanes) is 1. The van der Waals surface area contributed by atoms with Gasteiger partial charge in [-0.15, -0.1) is 0 Å². The van der Waals surface area contributed by atoms with Gasteiger partial charge < -0.3 is 88.7 Å². The number of imidazole rings is 1. The third kappa shape index (κ3) is 17.1. The fourth-order valence-electron chi connectivity index (χ4n) is 6.41. The second kappa shape index (κ2) is 24.3. The average molecular weight is 1020 g/mol. The summed E-state index contributed by atoms with van der Waals surface area (Å²) in [7, 11) is -17.7. The van der Waals surface area contributed by atoms with Crippen LogP contribution in [0.25, 0.3) is 11.2 Å². The number of phosphoric ester groups is 3.